The molecule has 19 heavy (non-hydrogen) atoms. The summed E-state index contributed by atoms with van der Waals surface area (Å²) in [6.45, 7) is 6.13. The minimum Gasteiger partial charge on any atom is -0.336 e. The first-order valence-corrected chi connectivity index (χ1v) is 8.17. The Morgan fingerprint density at radius 3 is 3.11 bits per heavy atom. The predicted octanol–water partition coefficient (Wildman–Crippen LogP) is 3.19. The van der Waals surface area contributed by atoms with Crippen molar-refractivity contribution in [2.45, 2.75) is 51.6 Å². The first kappa shape index (κ1) is 14.5. The number of carbonyl (C=O) groups is 1. The van der Waals surface area contributed by atoms with Crippen molar-refractivity contribution in [1.82, 2.24) is 10.2 Å². The van der Waals surface area contributed by atoms with Crippen LogP contribution >= 0.6 is 11.3 Å². The van der Waals surface area contributed by atoms with Gasteiger partial charge in [-0.25, -0.2) is 0 Å². The van der Waals surface area contributed by atoms with E-state index in [-0.39, 0.29) is 0 Å². The van der Waals surface area contributed by atoms with Gasteiger partial charge >= 0.3 is 0 Å². The fourth-order valence-electron chi connectivity index (χ4n) is 2.65. The summed E-state index contributed by atoms with van der Waals surface area (Å²) >= 11 is 1.72. The van der Waals surface area contributed by atoms with Crippen molar-refractivity contribution in [3.05, 3.63) is 22.4 Å². The summed E-state index contributed by atoms with van der Waals surface area (Å²) in [5.74, 6) is 0.319. The van der Waals surface area contributed by atoms with Crippen molar-refractivity contribution in [1.29, 1.82) is 0 Å². The zero-order chi connectivity index (χ0) is 13.7. The number of hydrogen-bond acceptors (Lipinski definition) is 3. The molecule has 2 heterocycles. The van der Waals surface area contributed by atoms with Crippen molar-refractivity contribution in [2.24, 2.45) is 0 Å². The van der Waals surface area contributed by atoms with Crippen molar-refractivity contribution in [3.8, 4) is 0 Å². The lowest BCUT2D eigenvalue weighted by molar-refractivity contribution is -0.132. The Labute approximate surface area is 120 Å². The Morgan fingerprint density at radius 1 is 1.58 bits per heavy atom. The molecule has 0 spiro atoms. The third-order valence-electron chi connectivity index (χ3n) is 3.62. The van der Waals surface area contributed by atoms with E-state index in [9.17, 15) is 4.79 Å². The number of rotatable bonds is 6. The van der Waals surface area contributed by atoms with Crippen LogP contribution in [0.25, 0.3) is 0 Å². The van der Waals surface area contributed by atoms with Crippen molar-refractivity contribution >= 4 is 17.2 Å². The van der Waals surface area contributed by atoms with Gasteiger partial charge in [0.15, 0.2) is 0 Å². The van der Waals surface area contributed by atoms with Gasteiger partial charge in [0.1, 0.15) is 0 Å². The van der Waals surface area contributed by atoms with Crippen LogP contribution in [0, 0.1) is 0 Å². The van der Waals surface area contributed by atoms with E-state index in [0.717, 1.165) is 32.4 Å². The van der Waals surface area contributed by atoms with Crippen LogP contribution in [0.2, 0.25) is 0 Å². The highest BCUT2D eigenvalue weighted by molar-refractivity contribution is 7.07. The number of nitrogens with one attached hydrogen (secondary N) is 1. The van der Waals surface area contributed by atoms with Gasteiger partial charge in [-0.1, -0.05) is 13.8 Å². The fourth-order valence-corrected chi connectivity index (χ4v) is 3.36. The van der Waals surface area contributed by atoms with Crippen molar-refractivity contribution in [3.63, 3.8) is 0 Å². The summed E-state index contributed by atoms with van der Waals surface area (Å²) in [5.41, 5.74) is 1.32. The largest absolute Gasteiger partial charge is 0.336 e. The average molecular weight is 280 g/mol. The SMILES string of the molecule is CC(C)NCCCC(=O)N1CCCC1c1ccsc1. The summed E-state index contributed by atoms with van der Waals surface area (Å²) in [6.07, 6.45) is 3.85. The fraction of sp³-hybridized carbons (Fsp3) is 0.667. The molecule has 0 aromatic carbocycles. The zero-order valence-corrected chi connectivity index (χ0v) is 12.7. The van der Waals surface area contributed by atoms with E-state index in [1.807, 2.05) is 0 Å². The molecule has 1 fully saturated rings. The van der Waals surface area contributed by atoms with Crippen LogP contribution in [-0.4, -0.2) is 29.9 Å². The summed E-state index contributed by atoms with van der Waals surface area (Å²) < 4.78 is 0. The van der Waals surface area contributed by atoms with Gasteiger partial charge in [0.2, 0.25) is 5.91 Å². The molecule has 0 saturated carbocycles. The number of amides is 1. The first-order valence-electron chi connectivity index (χ1n) is 7.23. The van der Waals surface area contributed by atoms with E-state index in [0.29, 0.717) is 24.4 Å². The van der Waals surface area contributed by atoms with Gasteiger partial charge in [-0.2, -0.15) is 11.3 Å². The van der Waals surface area contributed by atoms with Gasteiger partial charge < -0.3 is 10.2 Å². The molecule has 1 aliphatic rings. The number of likely N-dealkylation sites (tertiary alicyclic amines) is 1. The number of carbonyl (C=O) groups excluding carboxylic acids is 1. The van der Waals surface area contributed by atoms with E-state index >= 15 is 0 Å². The molecule has 1 atom stereocenters. The van der Waals surface area contributed by atoms with E-state index in [1.54, 1.807) is 11.3 Å². The van der Waals surface area contributed by atoms with Crippen LogP contribution in [0.15, 0.2) is 16.8 Å². The van der Waals surface area contributed by atoms with E-state index in [4.69, 9.17) is 0 Å². The molecule has 0 bridgehead atoms. The van der Waals surface area contributed by atoms with Gasteiger partial charge in [0.05, 0.1) is 6.04 Å². The summed E-state index contributed by atoms with van der Waals surface area (Å²) in [5, 5.41) is 7.64. The Hall–Kier alpha value is -0.870. The number of nitrogens with zero attached hydrogens (tertiary/aromatic N) is 1. The van der Waals surface area contributed by atoms with Gasteiger partial charge in [-0.05, 0) is 48.2 Å². The Bertz CT molecular complexity index is 389. The molecule has 0 radical (unpaired) electrons. The molecule has 1 amide bonds. The quantitative estimate of drug-likeness (QED) is 0.812. The van der Waals surface area contributed by atoms with Crippen LogP contribution in [0.5, 0.6) is 0 Å². The number of thiophene rings is 1. The summed E-state index contributed by atoms with van der Waals surface area (Å²) in [6, 6.07) is 2.98. The standard InChI is InChI=1S/C15H24N2OS/c1-12(2)16-8-3-6-15(18)17-9-4-5-14(17)13-7-10-19-11-13/h7,10-12,14,16H,3-6,8-9H2,1-2H3. The molecule has 4 heteroatoms. The maximum Gasteiger partial charge on any atom is 0.223 e. The minimum absolute atomic E-state index is 0.319. The normalized spacial score (nSPS) is 19.3. The topological polar surface area (TPSA) is 32.3 Å². The molecular formula is C15H24N2OS. The van der Waals surface area contributed by atoms with Gasteiger partial charge in [-0.3, -0.25) is 4.79 Å². The number of hydrogen-bond donors (Lipinski definition) is 1. The highest BCUT2D eigenvalue weighted by Gasteiger charge is 2.29. The highest BCUT2D eigenvalue weighted by Crippen LogP contribution is 2.33. The van der Waals surface area contributed by atoms with E-state index < -0.39 is 0 Å². The molecule has 1 aromatic rings. The van der Waals surface area contributed by atoms with Crippen LogP contribution in [0.1, 0.15) is 51.1 Å². The lowest BCUT2D eigenvalue weighted by atomic mass is 10.1. The van der Waals surface area contributed by atoms with Crippen molar-refractivity contribution in [2.75, 3.05) is 13.1 Å². The highest BCUT2D eigenvalue weighted by atomic mass is 32.1. The maximum atomic E-state index is 12.3. The zero-order valence-electron chi connectivity index (χ0n) is 11.9. The molecule has 1 saturated heterocycles. The van der Waals surface area contributed by atoms with Crippen LogP contribution < -0.4 is 5.32 Å². The molecule has 1 N–H and O–H groups in total. The van der Waals surface area contributed by atoms with E-state index in [1.165, 1.54) is 5.56 Å². The minimum atomic E-state index is 0.319. The third kappa shape index (κ3) is 4.05. The van der Waals surface area contributed by atoms with Crippen LogP contribution in [-0.2, 0) is 4.79 Å². The molecule has 1 unspecified atom stereocenters. The van der Waals surface area contributed by atoms with Gasteiger partial charge in [-0.15, -0.1) is 0 Å². The molecular weight excluding hydrogens is 256 g/mol. The summed E-state index contributed by atoms with van der Waals surface area (Å²) in [4.78, 5) is 14.4. The van der Waals surface area contributed by atoms with Crippen LogP contribution in [0.3, 0.4) is 0 Å². The van der Waals surface area contributed by atoms with Gasteiger partial charge in [0.25, 0.3) is 0 Å². The lowest BCUT2D eigenvalue weighted by Crippen LogP contribution is -2.31. The molecule has 2 rings (SSSR count). The molecule has 106 valence electrons. The molecule has 0 aliphatic carbocycles. The molecule has 1 aliphatic heterocycles. The maximum absolute atomic E-state index is 12.3. The summed E-state index contributed by atoms with van der Waals surface area (Å²) in [7, 11) is 0. The smallest absolute Gasteiger partial charge is 0.223 e. The third-order valence-corrected chi connectivity index (χ3v) is 4.32. The second-order valence-corrected chi connectivity index (χ2v) is 6.29. The Morgan fingerprint density at radius 2 is 2.42 bits per heavy atom. The first-order chi connectivity index (χ1) is 9.18. The Kier molecular flexibility index (Phi) is 5.40. The molecule has 1 aromatic heterocycles. The van der Waals surface area contributed by atoms with Crippen LogP contribution in [0.4, 0.5) is 0 Å². The average Bonchev–Trinajstić information content (AvgIpc) is 3.02. The van der Waals surface area contributed by atoms with Crippen molar-refractivity contribution < 1.29 is 4.79 Å². The monoisotopic (exact) mass is 280 g/mol. The van der Waals surface area contributed by atoms with E-state index in [2.05, 4.69) is 40.9 Å². The predicted molar refractivity (Wildman–Crippen MR) is 80.4 cm³/mol. The second-order valence-electron chi connectivity index (χ2n) is 5.51. The Balaban J connectivity index is 1.81. The second kappa shape index (κ2) is 7.06. The molecule has 3 nitrogen and oxygen atoms in total. The lowest BCUT2D eigenvalue weighted by Gasteiger charge is -2.24. The van der Waals surface area contributed by atoms with Gasteiger partial charge in [0, 0.05) is 19.0 Å².